The Hall–Kier alpha value is -0.880. The average Bonchev–Trinajstić information content (AvgIpc) is 2.94. The summed E-state index contributed by atoms with van der Waals surface area (Å²) in [4.78, 5) is 25.7. The zero-order valence-corrected chi connectivity index (χ0v) is 12.3. The molecule has 0 spiro atoms. The second-order valence-corrected chi connectivity index (χ2v) is 6.66. The summed E-state index contributed by atoms with van der Waals surface area (Å²) < 4.78 is 0.954. The van der Waals surface area contributed by atoms with Gasteiger partial charge in [0.1, 0.15) is 0 Å². The molecule has 1 aromatic heterocycles. The van der Waals surface area contributed by atoms with E-state index in [2.05, 4.69) is 21.2 Å². The molecular weight excluding hydrogens is 316 g/mol. The fraction of sp³-hybridized carbons (Fsp3) is 0.500. The lowest BCUT2D eigenvalue weighted by atomic mass is 10.3. The number of hydrogen-bond acceptors (Lipinski definition) is 3. The summed E-state index contributed by atoms with van der Waals surface area (Å²) in [5.74, 6) is 0.196. The first-order valence-corrected chi connectivity index (χ1v) is 7.59. The van der Waals surface area contributed by atoms with Crippen molar-refractivity contribution >= 4 is 39.1 Å². The Morgan fingerprint density at radius 1 is 1.50 bits per heavy atom. The van der Waals surface area contributed by atoms with Crippen molar-refractivity contribution in [2.45, 2.75) is 19.3 Å². The van der Waals surface area contributed by atoms with Crippen molar-refractivity contribution in [3.05, 3.63) is 20.8 Å². The number of carbonyl (C=O) groups excluding carboxylic acids is 2. The second kappa shape index (κ2) is 6.33. The van der Waals surface area contributed by atoms with E-state index in [1.54, 1.807) is 6.07 Å². The van der Waals surface area contributed by atoms with Crippen molar-refractivity contribution < 1.29 is 9.59 Å². The molecule has 0 unspecified atom stereocenters. The van der Waals surface area contributed by atoms with Crippen molar-refractivity contribution in [3.63, 3.8) is 0 Å². The molecule has 1 aliphatic heterocycles. The van der Waals surface area contributed by atoms with E-state index in [0.717, 1.165) is 29.7 Å². The number of thiophene rings is 1. The van der Waals surface area contributed by atoms with E-state index in [4.69, 9.17) is 0 Å². The van der Waals surface area contributed by atoms with Crippen molar-refractivity contribution in [2.24, 2.45) is 0 Å². The van der Waals surface area contributed by atoms with Gasteiger partial charge in [0.15, 0.2) is 0 Å². The molecule has 1 fully saturated rings. The highest BCUT2D eigenvalue weighted by Gasteiger charge is 2.19. The Morgan fingerprint density at radius 3 is 2.94 bits per heavy atom. The van der Waals surface area contributed by atoms with Crippen LogP contribution in [0.25, 0.3) is 0 Å². The summed E-state index contributed by atoms with van der Waals surface area (Å²) in [7, 11) is 0. The highest BCUT2D eigenvalue weighted by molar-refractivity contribution is 9.11. The van der Waals surface area contributed by atoms with E-state index in [1.165, 1.54) is 11.3 Å². The normalized spacial score (nSPS) is 15.2. The molecule has 0 aromatic carbocycles. The molecule has 6 heteroatoms. The molecule has 0 saturated carbocycles. The van der Waals surface area contributed by atoms with Gasteiger partial charge in [0.2, 0.25) is 5.91 Å². The zero-order chi connectivity index (χ0) is 13.0. The lowest BCUT2D eigenvalue weighted by Gasteiger charge is -2.15. The molecule has 0 bridgehead atoms. The fourth-order valence-electron chi connectivity index (χ4n) is 1.94. The summed E-state index contributed by atoms with van der Waals surface area (Å²) >= 11 is 4.75. The minimum atomic E-state index is -0.0431. The van der Waals surface area contributed by atoms with E-state index in [1.807, 2.05) is 11.0 Å². The van der Waals surface area contributed by atoms with Gasteiger partial charge in [0.25, 0.3) is 5.91 Å². The van der Waals surface area contributed by atoms with Gasteiger partial charge in [-0.15, -0.1) is 11.3 Å². The van der Waals surface area contributed by atoms with Crippen LogP contribution in [0.15, 0.2) is 15.9 Å². The summed E-state index contributed by atoms with van der Waals surface area (Å²) in [6.07, 6.45) is 2.45. The molecule has 2 amide bonds. The van der Waals surface area contributed by atoms with Crippen molar-refractivity contribution in [3.8, 4) is 0 Å². The minimum Gasteiger partial charge on any atom is -0.351 e. The SMILES string of the molecule is O=C(NCCCN1CCCC1=O)c1ccc(Br)s1. The third-order valence-corrected chi connectivity index (χ3v) is 4.48. The number of likely N-dealkylation sites (tertiary alicyclic amines) is 1. The topological polar surface area (TPSA) is 49.4 Å². The van der Waals surface area contributed by atoms with Gasteiger partial charge in [0, 0.05) is 26.1 Å². The molecule has 18 heavy (non-hydrogen) atoms. The average molecular weight is 331 g/mol. The number of nitrogens with zero attached hydrogens (tertiary/aromatic N) is 1. The van der Waals surface area contributed by atoms with E-state index in [9.17, 15) is 9.59 Å². The third-order valence-electron chi connectivity index (χ3n) is 2.86. The number of amides is 2. The number of rotatable bonds is 5. The van der Waals surface area contributed by atoms with Crippen LogP contribution >= 0.6 is 27.3 Å². The van der Waals surface area contributed by atoms with E-state index < -0.39 is 0 Å². The van der Waals surface area contributed by atoms with Crippen LogP contribution in [0.4, 0.5) is 0 Å². The molecule has 0 aliphatic carbocycles. The molecule has 1 saturated heterocycles. The van der Waals surface area contributed by atoms with Gasteiger partial charge in [-0.25, -0.2) is 0 Å². The smallest absolute Gasteiger partial charge is 0.261 e. The van der Waals surface area contributed by atoms with Crippen LogP contribution in [-0.4, -0.2) is 36.3 Å². The Bertz CT molecular complexity index is 447. The first kappa shape index (κ1) is 13.5. The lowest BCUT2D eigenvalue weighted by Crippen LogP contribution is -2.30. The van der Waals surface area contributed by atoms with Crippen LogP contribution in [0.1, 0.15) is 28.9 Å². The van der Waals surface area contributed by atoms with E-state index >= 15 is 0 Å². The maximum absolute atomic E-state index is 11.7. The quantitative estimate of drug-likeness (QED) is 0.842. The lowest BCUT2D eigenvalue weighted by molar-refractivity contribution is -0.127. The summed E-state index contributed by atoms with van der Waals surface area (Å²) in [5.41, 5.74) is 0. The van der Waals surface area contributed by atoms with Gasteiger partial charge in [-0.2, -0.15) is 0 Å². The predicted molar refractivity (Wildman–Crippen MR) is 74.8 cm³/mol. The zero-order valence-electron chi connectivity index (χ0n) is 9.95. The Labute approximate surface area is 118 Å². The second-order valence-electron chi connectivity index (χ2n) is 4.20. The van der Waals surface area contributed by atoms with Gasteiger partial charge in [0.05, 0.1) is 8.66 Å². The summed E-state index contributed by atoms with van der Waals surface area (Å²) in [6.45, 7) is 2.22. The maximum atomic E-state index is 11.7. The van der Waals surface area contributed by atoms with Crippen LogP contribution in [0.3, 0.4) is 0 Å². The fourth-order valence-corrected chi connectivity index (χ4v) is 3.24. The number of carbonyl (C=O) groups is 2. The monoisotopic (exact) mass is 330 g/mol. The molecule has 4 nitrogen and oxygen atoms in total. The van der Waals surface area contributed by atoms with Crippen LogP contribution in [0.2, 0.25) is 0 Å². The molecule has 98 valence electrons. The molecule has 0 radical (unpaired) electrons. The molecule has 1 aromatic rings. The summed E-state index contributed by atoms with van der Waals surface area (Å²) in [5, 5.41) is 2.86. The van der Waals surface area contributed by atoms with Crippen molar-refractivity contribution in [1.29, 1.82) is 0 Å². The Morgan fingerprint density at radius 2 is 2.33 bits per heavy atom. The molecule has 2 heterocycles. The highest BCUT2D eigenvalue weighted by atomic mass is 79.9. The van der Waals surface area contributed by atoms with Gasteiger partial charge < -0.3 is 10.2 Å². The first-order valence-electron chi connectivity index (χ1n) is 5.98. The largest absolute Gasteiger partial charge is 0.351 e. The van der Waals surface area contributed by atoms with Crippen LogP contribution in [0, 0.1) is 0 Å². The van der Waals surface area contributed by atoms with Crippen molar-refractivity contribution in [2.75, 3.05) is 19.6 Å². The molecule has 1 aliphatic rings. The van der Waals surface area contributed by atoms with Gasteiger partial charge in [-0.1, -0.05) is 0 Å². The van der Waals surface area contributed by atoms with Gasteiger partial charge >= 0.3 is 0 Å². The molecule has 1 N–H and O–H groups in total. The van der Waals surface area contributed by atoms with E-state index in [0.29, 0.717) is 17.8 Å². The molecule has 0 atom stereocenters. The van der Waals surface area contributed by atoms with Crippen molar-refractivity contribution in [1.82, 2.24) is 10.2 Å². The highest BCUT2D eigenvalue weighted by Crippen LogP contribution is 2.21. The van der Waals surface area contributed by atoms with Crippen LogP contribution < -0.4 is 5.32 Å². The number of halogens is 1. The summed E-state index contributed by atoms with van der Waals surface area (Å²) in [6, 6.07) is 3.66. The first-order chi connectivity index (χ1) is 8.66. The standard InChI is InChI=1S/C12H15BrN2O2S/c13-10-5-4-9(18-10)12(17)14-6-2-8-15-7-1-3-11(15)16/h4-5H,1-3,6-8H2,(H,14,17). The molecular formula is C12H15BrN2O2S. The number of hydrogen-bond donors (Lipinski definition) is 1. The third kappa shape index (κ3) is 3.55. The molecule has 2 rings (SSSR count). The van der Waals surface area contributed by atoms with Crippen LogP contribution in [0.5, 0.6) is 0 Å². The van der Waals surface area contributed by atoms with Gasteiger partial charge in [-0.05, 0) is 40.9 Å². The van der Waals surface area contributed by atoms with Crippen LogP contribution in [-0.2, 0) is 4.79 Å². The van der Waals surface area contributed by atoms with Gasteiger partial charge in [-0.3, -0.25) is 9.59 Å². The Balaban J connectivity index is 1.66. The van der Waals surface area contributed by atoms with E-state index in [-0.39, 0.29) is 11.8 Å². The number of nitrogens with one attached hydrogen (secondary N) is 1. The predicted octanol–water partition coefficient (Wildman–Crippen LogP) is 2.25. The maximum Gasteiger partial charge on any atom is 0.261 e. The Kier molecular flexibility index (Phi) is 4.77. The minimum absolute atomic E-state index is 0.0431.